The van der Waals surface area contributed by atoms with Crippen molar-refractivity contribution in [2.24, 2.45) is 11.8 Å². The molecule has 4 rings (SSSR count). The van der Waals surface area contributed by atoms with Crippen LogP contribution in [0.4, 0.5) is 5.69 Å². The number of anilines is 1. The van der Waals surface area contributed by atoms with Crippen LogP contribution in [0.2, 0.25) is 0 Å². The van der Waals surface area contributed by atoms with Gasteiger partial charge >= 0.3 is 11.9 Å². The lowest BCUT2D eigenvalue weighted by Gasteiger charge is -2.34. The van der Waals surface area contributed by atoms with Crippen LogP contribution in [-0.2, 0) is 33.4 Å². The maximum Gasteiger partial charge on any atom is 0.305 e. The summed E-state index contributed by atoms with van der Waals surface area (Å²) >= 11 is 0. The largest absolute Gasteiger partial charge is 0.492 e. The third-order valence-electron chi connectivity index (χ3n) is 5.90. The van der Waals surface area contributed by atoms with Crippen LogP contribution < -0.4 is 9.64 Å². The Labute approximate surface area is 189 Å². The van der Waals surface area contributed by atoms with E-state index in [9.17, 15) is 24.0 Å². The van der Waals surface area contributed by atoms with Crippen LogP contribution >= 0.6 is 0 Å². The summed E-state index contributed by atoms with van der Waals surface area (Å²) in [6.45, 7) is 5.66. The number of ether oxygens (including phenoxy) is 4. The van der Waals surface area contributed by atoms with Gasteiger partial charge in [-0.2, -0.15) is 0 Å². The first-order valence-electron chi connectivity index (χ1n) is 10.5. The van der Waals surface area contributed by atoms with E-state index in [1.165, 1.54) is 25.1 Å². The monoisotopic (exact) mass is 457 g/mol. The number of nitrogens with zero attached hydrogens (tertiary/aromatic N) is 1. The summed E-state index contributed by atoms with van der Waals surface area (Å²) in [7, 11) is 0. The Morgan fingerprint density at radius 2 is 1.76 bits per heavy atom. The van der Waals surface area contributed by atoms with Crippen molar-refractivity contribution in [2.75, 3.05) is 11.5 Å². The highest BCUT2D eigenvalue weighted by molar-refractivity contribution is 6.24. The minimum absolute atomic E-state index is 0.139. The second kappa shape index (κ2) is 8.11. The van der Waals surface area contributed by atoms with Crippen LogP contribution in [0.5, 0.6) is 5.75 Å². The SMILES string of the molecule is CCOc1ccc(C(C)=O)cc1N1C(=O)[C@H]2[C@H]3C=C[C@@](C(OC(C)=O)OC(C)=O)(O3)[C@H]2C1=O. The number of carbonyl (C=O) groups excluding carboxylic acids is 5. The van der Waals surface area contributed by atoms with Gasteiger partial charge in [-0.05, 0) is 38.1 Å². The van der Waals surface area contributed by atoms with Crippen LogP contribution in [0.3, 0.4) is 0 Å². The molecule has 0 radical (unpaired) electrons. The predicted octanol–water partition coefficient (Wildman–Crippen LogP) is 1.55. The molecule has 0 aromatic heterocycles. The van der Waals surface area contributed by atoms with E-state index in [0.29, 0.717) is 5.56 Å². The molecule has 3 aliphatic heterocycles. The van der Waals surface area contributed by atoms with E-state index >= 15 is 0 Å². The van der Waals surface area contributed by atoms with Gasteiger partial charge in [-0.3, -0.25) is 24.0 Å². The standard InChI is InChI=1S/C23H23NO9/c1-5-30-16-7-6-14(11(2)25)10-15(16)24-20(28)18-17-8-9-23(33-17,19(18)21(24)29)22(31-12(3)26)32-13(4)27/h6-10,17-19,22H,5H2,1-4H3/t17-,18+,19-,23-/m1/s1. The van der Waals surface area contributed by atoms with Crippen LogP contribution in [0.1, 0.15) is 38.1 Å². The Kier molecular flexibility index (Phi) is 5.57. The average Bonchev–Trinajstić information content (AvgIpc) is 3.38. The van der Waals surface area contributed by atoms with Gasteiger partial charge in [-0.1, -0.05) is 6.08 Å². The molecule has 2 bridgehead atoms. The van der Waals surface area contributed by atoms with Crippen molar-refractivity contribution in [3.8, 4) is 5.75 Å². The molecule has 0 spiro atoms. The molecule has 0 saturated carbocycles. The lowest BCUT2D eigenvalue weighted by Crippen LogP contribution is -2.52. The van der Waals surface area contributed by atoms with E-state index in [1.807, 2.05) is 0 Å². The van der Waals surface area contributed by atoms with Gasteiger partial charge in [0.05, 0.1) is 30.2 Å². The Morgan fingerprint density at radius 1 is 1.09 bits per heavy atom. The summed E-state index contributed by atoms with van der Waals surface area (Å²) in [6.07, 6.45) is 0.747. The fourth-order valence-electron chi connectivity index (χ4n) is 4.64. The second-order valence-electron chi connectivity index (χ2n) is 8.03. The number of amides is 2. The minimum Gasteiger partial charge on any atom is -0.492 e. The zero-order chi connectivity index (χ0) is 24.1. The molecule has 0 aliphatic carbocycles. The summed E-state index contributed by atoms with van der Waals surface area (Å²) < 4.78 is 21.9. The van der Waals surface area contributed by atoms with Gasteiger partial charge in [0.15, 0.2) is 11.4 Å². The molecule has 2 fully saturated rings. The van der Waals surface area contributed by atoms with E-state index in [4.69, 9.17) is 18.9 Å². The highest BCUT2D eigenvalue weighted by atomic mass is 16.7. The van der Waals surface area contributed by atoms with E-state index in [2.05, 4.69) is 0 Å². The zero-order valence-corrected chi connectivity index (χ0v) is 18.5. The van der Waals surface area contributed by atoms with Crippen molar-refractivity contribution in [3.63, 3.8) is 0 Å². The molecule has 3 aliphatic rings. The maximum absolute atomic E-state index is 13.7. The molecule has 33 heavy (non-hydrogen) atoms. The number of benzene rings is 1. The number of fused-ring (bicyclic) bond motifs is 5. The lowest BCUT2D eigenvalue weighted by atomic mass is 9.76. The molecule has 10 nitrogen and oxygen atoms in total. The van der Waals surface area contributed by atoms with E-state index in [-0.39, 0.29) is 23.8 Å². The average molecular weight is 457 g/mol. The van der Waals surface area contributed by atoms with Gasteiger partial charge < -0.3 is 18.9 Å². The highest BCUT2D eigenvalue weighted by Crippen LogP contribution is 2.55. The number of carbonyl (C=O) groups is 5. The van der Waals surface area contributed by atoms with Crippen molar-refractivity contribution >= 4 is 35.2 Å². The van der Waals surface area contributed by atoms with Gasteiger partial charge in [0, 0.05) is 19.4 Å². The lowest BCUT2D eigenvalue weighted by molar-refractivity contribution is -0.226. The molecule has 0 unspecified atom stereocenters. The Bertz CT molecular complexity index is 1080. The van der Waals surface area contributed by atoms with Gasteiger partial charge in [0.25, 0.3) is 6.29 Å². The molecule has 0 N–H and O–H groups in total. The van der Waals surface area contributed by atoms with Gasteiger partial charge in [-0.25, -0.2) is 4.90 Å². The third-order valence-corrected chi connectivity index (χ3v) is 5.90. The van der Waals surface area contributed by atoms with Gasteiger partial charge in [0.2, 0.25) is 11.8 Å². The van der Waals surface area contributed by atoms with E-state index in [0.717, 1.165) is 18.7 Å². The minimum atomic E-state index is -1.65. The maximum atomic E-state index is 13.7. The van der Waals surface area contributed by atoms with E-state index in [1.54, 1.807) is 19.1 Å². The molecule has 4 atom stereocenters. The Balaban J connectivity index is 1.79. The molecular formula is C23H23NO9. The summed E-state index contributed by atoms with van der Waals surface area (Å²) in [5.41, 5.74) is -1.21. The predicted molar refractivity (Wildman–Crippen MR) is 111 cm³/mol. The molecule has 1 aromatic rings. The van der Waals surface area contributed by atoms with Crippen molar-refractivity contribution in [1.82, 2.24) is 0 Å². The van der Waals surface area contributed by atoms with Gasteiger partial charge in [0.1, 0.15) is 5.75 Å². The first kappa shape index (κ1) is 22.7. The number of hydrogen-bond donors (Lipinski definition) is 0. The Morgan fingerprint density at radius 3 is 2.33 bits per heavy atom. The molecule has 2 saturated heterocycles. The second-order valence-corrected chi connectivity index (χ2v) is 8.03. The number of esters is 2. The van der Waals surface area contributed by atoms with Crippen molar-refractivity contribution < 1.29 is 42.9 Å². The van der Waals surface area contributed by atoms with Crippen molar-refractivity contribution in [2.45, 2.75) is 45.7 Å². The highest BCUT2D eigenvalue weighted by Gasteiger charge is 2.72. The number of rotatable bonds is 7. The van der Waals surface area contributed by atoms with Crippen molar-refractivity contribution in [1.29, 1.82) is 0 Å². The first-order chi connectivity index (χ1) is 15.6. The number of imide groups is 1. The molecule has 10 heteroatoms. The fourth-order valence-corrected chi connectivity index (χ4v) is 4.64. The van der Waals surface area contributed by atoms with Crippen LogP contribution in [0.25, 0.3) is 0 Å². The molecule has 1 aromatic carbocycles. The van der Waals surface area contributed by atoms with Crippen LogP contribution in [0, 0.1) is 11.8 Å². The fraction of sp³-hybridized carbons (Fsp3) is 0.435. The quantitative estimate of drug-likeness (QED) is 0.197. The number of hydrogen-bond acceptors (Lipinski definition) is 9. The molecule has 174 valence electrons. The van der Waals surface area contributed by atoms with Crippen molar-refractivity contribution in [3.05, 3.63) is 35.9 Å². The molecular weight excluding hydrogens is 434 g/mol. The summed E-state index contributed by atoms with van der Waals surface area (Å²) in [4.78, 5) is 63.5. The smallest absolute Gasteiger partial charge is 0.305 e. The third kappa shape index (κ3) is 3.50. The van der Waals surface area contributed by atoms with Crippen LogP contribution in [0.15, 0.2) is 30.4 Å². The summed E-state index contributed by atoms with van der Waals surface area (Å²) in [6, 6.07) is 4.52. The zero-order valence-electron chi connectivity index (χ0n) is 18.5. The van der Waals surface area contributed by atoms with Gasteiger partial charge in [-0.15, -0.1) is 0 Å². The summed E-state index contributed by atoms with van der Waals surface area (Å²) in [5, 5.41) is 0. The first-order valence-corrected chi connectivity index (χ1v) is 10.5. The van der Waals surface area contributed by atoms with Crippen LogP contribution in [-0.4, -0.2) is 54.1 Å². The topological polar surface area (TPSA) is 126 Å². The normalized spacial score (nSPS) is 27.2. The Hall–Kier alpha value is -3.53. The molecule has 3 heterocycles. The van der Waals surface area contributed by atoms with E-state index < -0.39 is 53.6 Å². The summed E-state index contributed by atoms with van der Waals surface area (Å²) in [5.74, 6) is -4.71. The number of Topliss-reactive ketones (excluding diaryl/α,β-unsaturated/α-hetero) is 1. The molecule has 2 amide bonds. The number of ketones is 1.